The van der Waals surface area contributed by atoms with Crippen LogP contribution in [-0.4, -0.2) is 16.9 Å². The molecule has 0 spiro atoms. The number of hydrogen-bond donors (Lipinski definition) is 2. The smallest absolute Gasteiger partial charge is 0.230 e. The van der Waals surface area contributed by atoms with Gasteiger partial charge in [0.1, 0.15) is 0 Å². The van der Waals surface area contributed by atoms with Crippen molar-refractivity contribution in [3.8, 4) is 0 Å². The van der Waals surface area contributed by atoms with Gasteiger partial charge >= 0.3 is 0 Å². The van der Waals surface area contributed by atoms with Crippen LogP contribution in [0, 0.1) is 5.92 Å². The maximum atomic E-state index is 11.7. The first kappa shape index (κ1) is 13.1. The summed E-state index contributed by atoms with van der Waals surface area (Å²) in [5.41, 5.74) is 6.67. The van der Waals surface area contributed by atoms with Crippen LogP contribution in [0.4, 0.5) is 5.13 Å². The Morgan fingerprint density at radius 1 is 1.44 bits per heavy atom. The lowest BCUT2D eigenvalue weighted by molar-refractivity contribution is -0.119. The van der Waals surface area contributed by atoms with E-state index < -0.39 is 0 Å². The van der Waals surface area contributed by atoms with Gasteiger partial charge < -0.3 is 11.1 Å². The fourth-order valence-electron chi connectivity index (χ4n) is 1.07. The van der Waals surface area contributed by atoms with E-state index in [0.29, 0.717) is 11.0 Å². The highest BCUT2D eigenvalue weighted by Gasteiger charge is 2.18. The van der Waals surface area contributed by atoms with Gasteiger partial charge in [0.2, 0.25) is 5.91 Å². The number of aromatic nitrogens is 1. The number of hydrogen-bond acceptors (Lipinski definition) is 4. The van der Waals surface area contributed by atoms with E-state index in [-0.39, 0.29) is 17.9 Å². The van der Waals surface area contributed by atoms with Gasteiger partial charge in [0.15, 0.2) is 5.13 Å². The molecule has 1 rings (SSSR count). The number of nitrogens with two attached hydrogens (primary N) is 1. The van der Waals surface area contributed by atoms with E-state index in [1.807, 2.05) is 19.2 Å². The number of thiazole rings is 1. The minimum Gasteiger partial charge on any atom is -0.327 e. The predicted molar refractivity (Wildman–Crippen MR) is 67.6 cm³/mol. The van der Waals surface area contributed by atoms with E-state index >= 15 is 0 Å². The van der Waals surface area contributed by atoms with Crippen molar-refractivity contribution < 1.29 is 4.79 Å². The Kier molecular flexibility index (Phi) is 4.44. The third-order valence-electron chi connectivity index (χ3n) is 2.55. The van der Waals surface area contributed by atoms with Crippen LogP contribution in [0.5, 0.6) is 0 Å². The highest BCUT2D eigenvalue weighted by molar-refractivity contribution is 7.13. The highest BCUT2D eigenvalue weighted by atomic mass is 32.1. The Morgan fingerprint density at radius 2 is 2.06 bits per heavy atom. The molecule has 0 saturated carbocycles. The molecule has 16 heavy (non-hydrogen) atoms. The van der Waals surface area contributed by atoms with E-state index in [1.54, 1.807) is 0 Å². The predicted octanol–water partition coefficient (Wildman–Crippen LogP) is 2.19. The Labute approximate surface area is 100 Å². The monoisotopic (exact) mass is 241 g/mol. The second-order valence-electron chi connectivity index (χ2n) is 4.37. The van der Waals surface area contributed by atoms with E-state index in [0.717, 1.165) is 5.69 Å². The van der Waals surface area contributed by atoms with Crippen LogP contribution in [-0.2, 0) is 4.79 Å². The second-order valence-corrected chi connectivity index (χ2v) is 5.23. The minimum absolute atomic E-state index is 0.0698. The van der Waals surface area contributed by atoms with Crippen molar-refractivity contribution >= 4 is 22.4 Å². The molecule has 1 aromatic rings. The van der Waals surface area contributed by atoms with Crippen LogP contribution < -0.4 is 11.1 Å². The normalized spacial score (nSPS) is 14.9. The van der Waals surface area contributed by atoms with Gasteiger partial charge in [0.25, 0.3) is 0 Å². The van der Waals surface area contributed by atoms with Crippen LogP contribution in [0.1, 0.15) is 39.3 Å². The number of nitrogens with one attached hydrogen (secondary N) is 1. The van der Waals surface area contributed by atoms with Crippen LogP contribution in [0.15, 0.2) is 5.38 Å². The van der Waals surface area contributed by atoms with Crippen molar-refractivity contribution in [2.24, 2.45) is 11.7 Å². The lowest BCUT2D eigenvalue weighted by atomic mass is 10.0. The van der Waals surface area contributed by atoms with Gasteiger partial charge in [-0.05, 0) is 12.8 Å². The number of carbonyl (C=O) groups is 1. The van der Waals surface area contributed by atoms with Crippen LogP contribution in [0.3, 0.4) is 0 Å². The zero-order valence-electron chi connectivity index (χ0n) is 10.2. The van der Waals surface area contributed by atoms with E-state index in [4.69, 9.17) is 5.73 Å². The van der Waals surface area contributed by atoms with E-state index in [9.17, 15) is 4.79 Å². The average Bonchev–Trinajstić information content (AvgIpc) is 2.64. The van der Waals surface area contributed by atoms with Gasteiger partial charge in [-0.15, -0.1) is 11.3 Å². The third-order valence-corrected chi connectivity index (χ3v) is 3.32. The largest absolute Gasteiger partial charge is 0.327 e. The van der Waals surface area contributed by atoms with Crippen molar-refractivity contribution in [3.05, 3.63) is 11.1 Å². The molecule has 0 aliphatic rings. The van der Waals surface area contributed by atoms with Crippen LogP contribution in [0.2, 0.25) is 0 Å². The van der Waals surface area contributed by atoms with Gasteiger partial charge in [-0.25, -0.2) is 4.98 Å². The topological polar surface area (TPSA) is 68.0 Å². The Hall–Kier alpha value is -0.940. The van der Waals surface area contributed by atoms with Crippen molar-refractivity contribution in [1.29, 1.82) is 0 Å². The maximum Gasteiger partial charge on any atom is 0.230 e. The molecule has 4 nitrogen and oxygen atoms in total. The summed E-state index contributed by atoms with van der Waals surface area (Å²) in [7, 11) is 0. The molecule has 0 aromatic carbocycles. The average molecular weight is 241 g/mol. The lowest BCUT2D eigenvalue weighted by Crippen LogP contribution is -2.34. The highest BCUT2D eigenvalue weighted by Crippen LogP contribution is 2.21. The molecule has 0 aliphatic carbocycles. The van der Waals surface area contributed by atoms with E-state index in [2.05, 4.69) is 24.1 Å². The van der Waals surface area contributed by atoms with Gasteiger partial charge in [-0.3, -0.25) is 4.79 Å². The molecule has 0 radical (unpaired) electrons. The molecule has 3 N–H and O–H groups in total. The Bertz CT molecular complexity index is 360. The second kappa shape index (κ2) is 5.41. The fourth-order valence-corrected chi connectivity index (χ4v) is 1.94. The Morgan fingerprint density at radius 3 is 2.50 bits per heavy atom. The van der Waals surface area contributed by atoms with Crippen molar-refractivity contribution in [1.82, 2.24) is 4.98 Å². The summed E-state index contributed by atoms with van der Waals surface area (Å²) in [6, 6.07) is -0.149. The van der Waals surface area contributed by atoms with Gasteiger partial charge in [0, 0.05) is 11.4 Å². The molecule has 90 valence electrons. The zero-order valence-corrected chi connectivity index (χ0v) is 11.0. The number of anilines is 1. The van der Waals surface area contributed by atoms with E-state index in [1.165, 1.54) is 11.3 Å². The number of rotatable bonds is 4. The molecular formula is C11H19N3OS. The molecule has 0 bridgehead atoms. The summed E-state index contributed by atoms with van der Waals surface area (Å²) < 4.78 is 0. The molecule has 2 unspecified atom stereocenters. The molecule has 1 aromatic heterocycles. The number of amides is 1. The summed E-state index contributed by atoms with van der Waals surface area (Å²) in [5, 5.41) is 5.41. The van der Waals surface area contributed by atoms with Crippen LogP contribution in [0.25, 0.3) is 0 Å². The lowest BCUT2D eigenvalue weighted by Gasteiger charge is -2.13. The standard InChI is InChI=1S/C11H19N3OS/c1-6(2)9-5-16-11(13-9)14-10(15)7(3)8(4)12/h5-8H,12H2,1-4H3,(H,13,14,15). The fraction of sp³-hybridized carbons (Fsp3) is 0.636. The van der Waals surface area contributed by atoms with Gasteiger partial charge in [-0.2, -0.15) is 0 Å². The van der Waals surface area contributed by atoms with Crippen molar-refractivity contribution in [2.45, 2.75) is 39.7 Å². The molecule has 0 saturated heterocycles. The van der Waals surface area contributed by atoms with Crippen molar-refractivity contribution in [3.63, 3.8) is 0 Å². The molecular weight excluding hydrogens is 222 g/mol. The molecule has 1 amide bonds. The molecule has 2 atom stereocenters. The molecule has 0 aliphatic heterocycles. The van der Waals surface area contributed by atoms with Crippen molar-refractivity contribution in [2.75, 3.05) is 5.32 Å². The first-order chi connectivity index (χ1) is 7.41. The zero-order chi connectivity index (χ0) is 12.3. The summed E-state index contributed by atoms with van der Waals surface area (Å²) in [4.78, 5) is 16.0. The molecule has 0 fully saturated rings. The first-order valence-electron chi connectivity index (χ1n) is 5.43. The maximum absolute atomic E-state index is 11.7. The summed E-state index contributed by atoms with van der Waals surface area (Å²) >= 11 is 1.45. The van der Waals surface area contributed by atoms with Gasteiger partial charge in [-0.1, -0.05) is 20.8 Å². The van der Waals surface area contributed by atoms with Gasteiger partial charge in [0.05, 0.1) is 11.6 Å². The van der Waals surface area contributed by atoms with Crippen LogP contribution >= 0.6 is 11.3 Å². The number of carbonyl (C=O) groups excluding carboxylic acids is 1. The molecule has 1 heterocycles. The summed E-state index contributed by atoms with van der Waals surface area (Å²) in [6.07, 6.45) is 0. The quantitative estimate of drug-likeness (QED) is 0.849. The minimum atomic E-state index is -0.202. The summed E-state index contributed by atoms with van der Waals surface area (Å²) in [6.45, 7) is 7.79. The summed E-state index contributed by atoms with van der Waals surface area (Å²) in [5.74, 6) is 0.110. The SMILES string of the molecule is CC(C)c1csc(NC(=O)C(C)C(C)N)n1. The molecule has 5 heteroatoms. The Balaban J connectivity index is 2.63. The third kappa shape index (κ3) is 3.28. The first-order valence-corrected chi connectivity index (χ1v) is 6.31. The number of nitrogens with zero attached hydrogens (tertiary/aromatic N) is 1.